The highest BCUT2D eigenvalue weighted by atomic mass is 35.5. The molecule has 0 aliphatic rings. The van der Waals surface area contributed by atoms with Crippen LogP contribution in [0, 0.1) is 0 Å². The maximum atomic E-state index is 11.8. The van der Waals surface area contributed by atoms with Gasteiger partial charge in [-0.05, 0) is 6.92 Å². The fraction of sp³-hybridized carbons (Fsp3) is 0.375. The average Bonchev–Trinajstić information content (AvgIpc) is 3.02. The Balaban J connectivity index is 0.00000264. The summed E-state index contributed by atoms with van der Waals surface area (Å²) in [6.07, 6.45) is 1.67. The van der Waals surface area contributed by atoms with Gasteiger partial charge in [0.15, 0.2) is 5.76 Å². The Morgan fingerprint density at radius 3 is 2.78 bits per heavy atom. The first-order valence-corrected chi connectivity index (χ1v) is 7.21. The van der Waals surface area contributed by atoms with Gasteiger partial charge in [0.05, 0.1) is 19.3 Å². The van der Waals surface area contributed by atoms with E-state index in [9.17, 15) is 4.79 Å². The first-order chi connectivity index (χ1) is 10.7. The Hall–Kier alpha value is -1.89. The number of carbonyl (C=O) groups is 1. The van der Waals surface area contributed by atoms with Crippen LogP contribution in [0.25, 0.3) is 11.3 Å². The van der Waals surface area contributed by atoms with Crippen LogP contribution in [-0.4, -0.2) is 37.7 Å². The topological polar surface area (TPSA) is 76.4 Å². The Morgan fingerprint density at radius 1 is 1.35 bits per heavy atom. The predicted octanol–water partition coefficient (Wildman–Crippen LogP) is 2.18. The summed E-state index contributed by atoms with van der Waals surface area (Å²) in [6.45, 7) is 3.28. The molecule has 0 aliphatic heterocycles. The van der Waals surface area contributed by atoms with Crippen LogP contribution in [0.3, 0.4) is 0 Å². The number of hydrogen-bond donors (Lipinski definition) is 2. The van der Waals surface area contributed by atoms with Crippen molar-refractivity contribution < 1.29 is 13.9 Å². The van der Waals surface area contributed by atoms with Gasteiger partial charge in [0.25, 0.3) is 0 Å². The molecular weight excluding hydrogens is 318 g/mol. The average molecular weight is 340 g/mol. The Labute approximate surface area is 142 Å². The molecule has 6 nitrogen and oxygen atoms in total. The number of hydrogen-bond acceptors (Lipinski definition) is 5. The lowest BCUT2D eigenvalue weighted by atomic mass is 10.2. The summed E-state index contributed by atoms with van der Waals surface area (Å²) in [5, 5.41) is 5.83. The standard InChI is InChI=1S/C16H21N3O3.ClH/c1-12(19-15(20)11-17-8-9-21-2)16-18-10-14(22-16)13-6-4-3-5-7-13;/h3-7,10,12,17H,8-9,11H2,1-2H3,(H,19,20);1H. The largest absolute Gasteiger partial charge is 0.438 e. The van der Waals surface area contributed by atoms with Crippen molar-refractivity contribution >= 4 is 18.3 Å². The first-order valence-electron chi connectivity index (χ1n) is 7.21. The van der Waals surface area contributed by atoms with E-state index in [2.05, 4.69) is 15.6 Å². The number of amides is 1. The van der Waals surface area contributed by atoms with Crippen molar-refractivity contribution in [1.29, 1.82) is 0 Å². The number of oxazole rings is 1. The van der Waals surface area contributed by atoms with Crippen molar-refractivity contribution in [1.82, 2.24) is 15.6 Å². The van der Waals surface area contributed by atoms with Crippen LogP contribution >= 0.6 is 12.4 Å². The van der Waals surface area contributed by atoms with Gasteiger partial charge in [-0.1, -0.05) is 30.3 Å². The van der Waals surface area contributed by atoms with Crippen LogP contribution < -0.4 is 10.6 Å². The lowest BCUT2D eigenvalue weighted by Crippen LogP contribution is -2.36. The Kier molecular flexibility index (Phi) is 8.32. The molecule has 1 aromatic heterocycles. The van der Waals surface area contributed by atoms with Crippen LogP contribution in [0.5, 0.6) is 0 Å². The Morgan fingerprint density at radius 2 is 2.09 bits per heavy atom. The van der Waals surface area contributed by atoms with E-state index in [1.807, 2.05) is 37.3 Å². The minimum atomic E-state index is -0.283. The second-order valence-corrected chi connectivity index (χ2v) is 4.89. The van der Waals surface area contributed by atoms with E-state index in [0.717, 1.165) is 5.56 Å². The summed E-state index contributed by atoms with van der Waals surface area (Å²) in [7, 11) is 1.62. The molecule has 23 heavy (non-hydrogen) atoms. The molecule has 1 amide bonds. The summed E-state index contributed by atoms with van der Waals surface area (Å²) in [5.41, 5.74) is 0.959. The van der Waals surface area contributed by atoms with Crippen molar-refractivity contribution in [3.63, 3.8) is 0 Å². The lowest BCUT2D eigenvalue weighted by Gasteiger charge is -2.11. The first kappa shape index (κ1) is 19.2. The van der Waals surface area contributed by atoms with Crippen LogP contribution in [0.1, 0.15) is 18.9 Å². The van der Waals surface area contributed by atoms with E-state index in [0.29, 0.717) is 24.8 Å². The monoisotopic (exact) mass is 339 g/mol. The van der Waals surface area contributed by atoms with Crippen LogP contribution in [0.4, 0.5) is 0 Å². The molecule has 1 atom stereocenters. The maximum absolute atomic E-state index is 11.8. The van der Waals surface area contributed by atoms with E-state index in [4.69, 9.17) is 9.15 Å². The van der Waals surface area contributed by atoms with Crippen molar-refractivity contribution in [2.45, 2.75) is 13.0 Å². The SMILES string of the molecule is COCCNCC(=O)NC(C)c1ncc(-c2ccccc2)o1.Cl. The number of ether oxygens (including phenoxy) is 1. The molecule has 2 rings (SSSR count). The molecular formula is C16H22ClN3O3. The fourth-order valence-electron chi connectivity index (χ4n) is 1.95. The third-order valence-electron chi connectivity index (χ3n) is 3.10. The molecule has 0 spiro atoms. The zero-order valence-corrected chi connectivity index (χ0v) is 14.1. The summed E-state index contributed by atoms with van der Waals surface area (Å²) >= 11 is 0. The molecule has 0 aliphatic carbocycles. The van der Waals surface area contributed by atoms with Gasteiger partial charge in [-0.15, -0.1) is 12.4 Å². The Bertz CT molecular complexity index is 589. The molecule has 1 unspecified atom stereocenters. The molecule has 0 radical (unpaired) electrons. The molecule has 1 aromatic carbocycles. The second-order valence-electron chi connectivity index (χ2n) is 4.89. The third-order valence-corrected chi connectivity index (χ3v) is 3.10. The molecule has 0 bridgehead atoms. The second kappa shape index (κ2) is 9.99. The van der Waals surface area contributed by atoms with Gasteiger partial charge in [-0.3, -0.25) is 4.79 Å². The molecule has 7 heteroatoms. The minimum Gasteiger partial charge on any atom is -0.438 e. The minimum absolute atomic E-state index is 0. The van der Waals surface area contributed by atoms with Crippen LogP contribution in [0.2, 0.25) is 0 Å². The zero-order valence-electron chi connectivity index (χ0n) is 13.2. The fourth-order valence-corrected chi connectivity index (χ4v) is 1.95. The van der Waals surface area contributed by atoms with Crippen molar-refractivity contribution in [2.75, 3.05) is 26.8 Å². The van der Waals surface area contributed by atoms with Gasteiger partial charge in [0, 0.05) is 19.2 Å². The lowest BCUT2D eigenvalue weighted by molar-refractivity contribution is -0.121. The van der Waals surface area contributed by atoms with Crippen molar-refractivity contribution in [2.24, 2.45) is 0 Å². The van der Waals surface area contributed by atoms with Gasteiger partial charge >= 0.3 is 0 Å². The highest BCUT2D eigenvalue weighted by Crippen LogP contribution is 2.22. The van der Waals surface area contributed by atoms with Crippen molar-refractivity contribution in [3.05, 3.63) is 42.4 Å². The third kappa shape index (κ3) is 6.02. The smallest absolute Gasteiger partial charge is 0.234 e. The molecule has 0 fully saturated rings. The highest BCUT2D eigenvalue weighted by Gasteiger charge is 2.15. The molecule has 2 N–H and O–H groups in total. The van der Waals surface area contributed by atoms with Crippen LogP contribution in [0.15, 0.2) is 40.9 Å². The van der Waals surface area contributed by atoms with E-state index < -0.39 is 0 Å². The van der Waals surface area contributed by atoms with Crippen LogP contribution in [-0.2, 0) is 9.53 Å². The van der Waals surface area contributed by atoms with Gasteiger partial charge in [-0.25, -0.2) is 4.98 Å². The summed E-state index contributed by atoms with van der Waals surface area (Å²) in [4.78, 5) is 16.0. The number of rotatable bonds is 8. The van der Waals surface area contributed by atoms with E-state index in [1.54, 1.807) is 13.3 Å². The number of benzene rings is 1. The molecule has 0 saturated carbocycles. The highest BCUT2D eigenvalue weighted by molar-refractivity contribution is 5.85. The summed E-state index contributed by atoms with van der Waals surface area (Å²) in [6, 6.07) is 9.44. The zero-order chi connectivity index (χ0) is 15.8. The van der Waals surface area contributed by atoms with Gasteiger partial charge in [0.2, 0.25) is 11.8 Å². The normalized spacial score (nSPS) is 11.6. The number of halogens is 1. The molecule has 1 heterocycles. The number of methoxy groups -OCH3 is 1. The molecule has 2 aromatic rings. The number of nitrogens with one attached hydrogen (secondary N) is 2. The number of carbonyl (C=O) groups excluding carboxylic acids is 1. The number of nitrogens with zero attached hydrogens (tertiary/aromatic N) is 1. The summed E-state index contributed by atoms with van der Waals surface area (Å²) < 4.78 is 10.6. The maximum Gasteiger partial charge on any atom is 0.234 e. The number of aromatic nitrogens is 1. The van der Waals surface area contributed by atoms with E-state index in [1.165, 1.54) is 0 Å². The molecule has 0 saturated heterocycles. The van der Waals surface area contributed by atoms with Gasteiger partial charge in [-0.2, -0.15) is 0 Å². The molecule has 126 valence electrons. The van der Waals surface area contributed by atoms with Crippen molar-refractivity contribution in [3.8, 4) is 11.3 Å². The van der Waals surface area contributed by atoms with E-state index in [-0.39, 0.29) is 30.9 Å². The van der Waals surface area contributed by atoms with Gasteiger partial charge < -0.3 is 19.8 Å². The van der Waals surface area contributed by atoms with E-state index >= 15 is 0 Å². The quantitative estimate of drug-likeness (QED) is 0.721. The predicted molar refractivity (Wildman–Crippen MR) is 90.5 cm³/mol. The van der Waals surface area contributed by atoms with Gasteiger partial charge in [0.1, 0.15) is 6.04 Å². The summed E-state index contributed by atoms with van der Waals surface area (Å²) in [5.74, 6) is 1.07.